The molecule has 0 fully saturated rings. The smallest absolute Gasteiger partial charge is 1.00 e. The Bertz CT molecular complexity index is 1270. The fraction of sp³-hybridized carbons (Fsp3) is 0.720. The molecule has 0 aromatic carbocycles. The van der Waals surface area contributed by atoms with Crippen LogP contribution >= 0.6 is 49.3 Å². The predicted molar refractivity (Wildman–Crippen MR) is 179 cm³/mol. The Morgan fingerprint density at radius 3 is 1.35 bits per heavy atom. The van der Waals surface area contributed by atoms with Crippen molar-refractivity contribution >= 4 is 72.8 Å². The van der Waals surface area contributed by atoms with E-state index in [4.69, 9.17) is 14.5 Å². The quantitative estimate of drug-likeness (QED) is 0.265. The van der Waals surface area contributed by atoms with Crippen LogP contribution in [0.1, 0.15) is 85.0 Å². The zero-order valence-corrected chi connectivity index (χ0v) is 33.0. The zero-order chi connectivity index (χ0) is 30.4. The standard InChI is InChI=1S/C10H16N4OS.C10H16N2O2S2.C5H8BrN3.B.Na.H/c1-7-8(12-14(4)11-7)6-16-9-5-10(2,3)15-13-9;1-9(2)5-7(11-13-9)15-16-8-6-10(3,4)14-12-8;1-4-5(3-6)8-9(2)7-4;;;/h2*5-6H2,1-4H3;3H2,1-2H3;;;/q;;;;+1;-1. The third kappa shape index (κ3) is 13.7. The van der Waals surface area contributed by atoms with E-state index in [1.54, 1.807) is 42.9 Å². The molecule has 233 valence electrons. The molecule has 3 radical (unpaired) electrons. The number of oxime groups is 3. The van der Waals surface area contributed by atoms with E-state index in [9.17, 15) is 0 Å². The normalized spacial score (nSPS) is 18.5. The Labute approximate surface area is 300 Å². The van der Waals surface area contributed by atoms with Gasteiger partial charge in [0.05, 0.1) is 22.8 Å². The van der Waals surface area contributed by atoms with Gasteiger partial charge in [0.1, 0.15) is 31.9 Å². The average Bonchev–Trinajstić information content (AvgIpc) is 3.65. The van der Waals surface area contributed by atoms with Crippen molar-refractivity contribution in [2.24, 2.45) is 29.6 Å². The van der Waals surface area contributed by atoms with E-state index in [1.807, 2.05) is 69.5 Å². The van der Waals surface area contributed by atoms with Crippen LogP contribution < -0.4 is 29.6 Å². The summed E-state index contributed by atoms with van der Waals surface area (Å²) >= 11 is 4.98. The monoisotopic (exact) mass is 724 g/mol. The van der Waals surface area contributed by atoms with E-state index in [0.717, 1.165) is 68.3 Å². The molecule has 0 bridgehead atoms. The number of aromatic nitrogens is 6. The van der Waals surface area contributed by atoms with Gasteiger partial charge in [0.25, 0.3) is 0 Å². The zero-order valence-electron chi connectivity index (χ0n) is 28.0. The Hall–Kier alpha value is -0.715. The van der Waals surface area contributed by atoms with Crippen molar-refractivity contribution < 1.29 is 45.5 Å². The molecule has 18 heteroatoms. The molecule has 0 amide bonds. The summed E-state index contributed by atoms with van der Waals surface area (Å²) in [5, 5.41) is 32.7. The number of halogens is 1. The van der Waals surface area contributed by atoms with Gasteiger partial charge in [-0.25, -0.2) is 0 Å². The van der Waals surface area contributed by atoms with Gasteiger partial charge >= 0.3 is 29.6 Å². The van der Waals surface area contributed by atoms with E-state index < -0.39 is 0 Å². The number of thioether (sulfide) groups is 1. The second-order valence-electron chi connectivity index (χ2n) is 11.6. The molecular weight excluding hydrogens is 684 g/mol. The Kier molecular flexibility index (Phi) is 16.2. The van der Waals surface area contributed by atoms with Crippen molar-refractivity contribution in [3.05, 3.63) is 22.8 Å². The molecule has 0 N–H and O–H groups in total. The van der Waals surface area contributed by atoms with Crippen molar-refractivity contribution in [3.8, 4) is 0 Å². The molecule has 2 aromatic rings. The SMILES string of the molecule is CC1(C)CC(SSC2=NOC(C)(C)C2)=NO1.Cc1nn(C)nc1CBr.Cc1nn(C)nc1CSC1=NOC(C)(C)C1.[B].[H-].[Na+]. The molecule has 0 atom stereocenters. The Morgan fingerprint density at radius 2 is 1.07 bits per heavy atom. The summed E-state index contributed by atoms with van der Waals surface area (Å²) in [5.41, 5.74) is 3.53. The summed E-state index contributed by atoms with van der Waals surface area (Å²) in [6.07, 6.45) is 2.60. The number of rotatable bonds is 3. The Balaban J connectivity index is 0.000000633. The molecule has 0 aliphatic carbocycles. The first-order chi connectivity index (χ1) is 19.1. The van der Waals surface area contributed by atoms with E-state index in [1.165, 1.54) is 0 Å². The van der Waals surface area contributed by atoms with E-state index in [2.05, 4.69) is 51.8 Å². The van der Waals surface area contributed by atoms with Gasteiger partial charge in [0, 0.05) is 52.9 Å². The van der Waals surface area contributed by atoms with Gasteiger partial charge in [-0.3, -0.25) is 0 Å². The first-order valence-corrected chi connectivity index (χ1v) is 17.3. The van der Waals surface area contributed by atoms with E-state index in [0.29, 0.717) is 0 Å². The second kappa shape index (κ2) is 17.3. The molecule has 43 heavy (non-hydrogen) atoms. The third-order valence-electron chi connectivity index (χ3n) is 5.61. The predicted octanol–water partition coefficient (Wildman–Crippen LogP) is 3.02. The molecule has 5 rings (SSSR count). The summed E-state index contributed by atoms with van der Waals surface area (Å²) < 4.78 is 0. The molecule has 5 heterocycles. The summed E-state index contributed by atoms with van der Waals surface area (Å²) in [6, 6.07) is 0. The molecule has 3 aliphatic heterocycles. The summed E-state index contributed by atoms with van der Waals surface area (Å²) in [4.78, 5) is 19.1. The Morgan fingerprint density at radius 1 is 0.698 bits per heavy atom. The first-order valence-electron chi connectivity index (χ1n) is 13.1. The molecule has 2 aromatic heterocycles. The maximum Gasteiger partial charge on any atom is 1.00 e. The second-order valence-corrected chi connectivity index (χ2v) is 15.5. The van der Waals surface area contributed by atoms with Gasteiger partial charge in [-0.15, -0.1) is 11.8 Å². The minimum atomic E-state index is -0.157. The van der Waals surface area contributed by atoms with Gasteiger partial charge in [-0.05, 0) is 77.0 Å². The summed E-state index contributed by atoms with van der Waals surface area (Å²) in [6.45, 7) is 16.1. The number of aryl methyl sites for hydroxylation is 4. The number of hydrogen-bond donors (Lipinski definition) is 0. The molecule has 3 aliphatic rings. The van der Waals surface area contributed by atoms with Crippen LogP contribution in [0.5, 0.6) is 0 Å². The van der Waals surface area contributed by atoms with Gasteiger partial charge < -0.3 is 15.9 Å². The maximum absolute atomic E-state index is 5.30. The molecular formula is C25H41BBrN9NaO3S3. The molecule has 0 unspecified atom stereocenters. The molecule has 0 spiro atoms. The fourth-order valence-corrected chi connectivity index (χ4v) is 7.45. The van der Waals surface area contributed by atoms with E-state index >= 15 is 0 Å². The maximum atomic E-state index is 5.30. The van der Waals surface area contributed by atoms with Crippen molar-refractivity contribution in [2.75, 3.05) is 0 Å². The molecule has 0 saturated heterocycles. The van der Waals surface area contributed by atoms with Crippen LogP contribution in [0.25, 0.3) is 0 Å². The summed E-state index contributed by atoms with van der Waals surface area (Å²) in [7, 11) is 6.88. The molecule has 12 nitrogen and oxygen atoms in total. The van der Waals surface area contributed by atoms with Crippen molar-refractivity contribution in [3.63, 3.8) is 0 Å². The number of nitrogens with zero attached hydrogens (tertiary/aromatic N) is 9. The number of alkyl halides is 1. The number of hydrogen-bond acceptors (Lipinski definition) is 13. The van der Waals surface area contributed by atoms with Crippen LogP contribution in [0.2, 0.25) is 0 Å². The first kappa shape index (κ1) is 40.3. The summed E-state index contributed by atoms with van der Waals surface area (Å²) in [5.74, 6) is 0.804. The van der Waals surface area contributed by atoms with Gasteiger partial charge in [-0.2, -0.15) is 30.0 Å². The van der Waals surface area contributed by atoms with Crippen LogP contribution in [-0.2, 0) is 39.7 Å². The third-order valence-corrected chi connectivity index (χ3v) is 9.42. The largest absolute Gasteiger partial charge is 1.00 e. The van der Waals surface area contributed by atoms with Gasteiger partial charge in [-0.1, -0.05) is 31.4 Å². The minimum Gasteiger partial charge on any atom is -1.00 e. The van der Waals surface area contributed by atoms with Gasteiger partial charge in [0.15, 0.2) is 0 Å². The van der Waals surface area contributed by atoms with Crippen LogP contribution in [0.15, 0.2) is 15.5 Å². The van der Waals surface area contributed by atoms with Crippen LogP contribution in [0.4, 0.5) is 0 Å². The topological polar surface area (TPSA) is 126 Å². The van der Waals surface area contributed by atoms with E-state index in [-0.39, 0.29) is 56.2 Å². The average molecular weight is 726 g/mol. The van der Waals surface area contributed by atoms with Crippen LogP contribution in [0, 0.1) is 13.8 Å². The minimum absolute atomic E-state index is 0. The van der Waals surface area contributed by atoms with Crippen molar-refractivity contribution in [2.45, 2.75) is 103 Å². The van der Waals surface area contributed by atoms with Crippen LogP contribution in [0.3, 0.4) is 0 Å². The molecule has 0 saturated carbocycles. The van der Waals surface area contributed by atoms with Crippen molar-refractivity contribution in [1.29, 1.82) is 0 Å². The van der Waals surface area contributed by atoms with Crippen molar-refractivity contribution in [1.82, 2.24) is 30.0 Å². The van der Waals surface area contributed by atoms with Crippen LogP contribution in [-0.4, -0.2) is 70.3 Å². The van der Waals surface area contributed by atoms with Gasteiger partial charge in [0.2, 0.25) is 0 Å². The fourth-order valence-electron chi connectivity index (χ4n) is 3.57.